The predicted octanol–water partition coefficient (Wildman–Crippen LogP) is 5.24. The second-order valence-corrected chi connectivity index (χ2v) is 15.6. The smallest absolute Gasteiger partial charge is 0.323 e. The first-order valence-corrected chi connectivity index (χ1v) is 18.6. The van der Waals surface area contributed by atoms with Gasteiger partial charge in [-0.25, -0.2) is 13.2 Å². The SMILES string of the molecule is C[C@@H]1CCCCO[C@H](CN(C)S(=O)(=O)c2cccs2)[C@@H](C)CN([C@@H](C)CO)C(=O)c2cc(NC(=O)Nc3ccc4c(c3)OCO4)ccc2O1. The average molecular weight is 717 g/mol. The lowest BCUT2D eigenvalue weighted by Crippen LogP contribution is -2.48. The molecular formula is C34H44N4O9S2. The van der Waals surface area contributed by atoms with Gasteiger partial charge in [0.2, 0.25) is 6.79 Å². The number of aliphatic hydroxyl groups excluding tert-OH is 1. The standard InChI is InChI=1S/C34H44N4O9S2/c1-22-18-38(23(2)20-39)33(40)27-16-25(35-34(41)36-26-11-13-29-30(17-26)46-21-45-29)10-12-28(27)47-24(3)8-5-6-14-44-31(22)19-37(4)49(42,43)32-9-7-15-48-32/h7,9-13,15-17,22-24,31,39H,5-6,8,14,18-21H2,1-4H3,(H2,35,36,41)/t22-,23-,24+,31+/m0/s1. The maximum Gasteiger partial charge on any atom is 0.323 e. The average Bonchev–Trinajstić information content (AvgIpc) is 3.79. The third-order valence-corrected chi connectivity index (χ3v) is 11.7. The maximum atomic E-state index is 14.4. The number of carbonyl (C=O) groups is 2. The molecule has 0 unspecified atom stereocenters. The van der Waals surface area contributed by atoms with Gasteiger partial charge in [0, 0.05) is 50.1 Å². The van der Waals surface area contributed by atoms with Crippen LogP contribution in [0.15, 0.2) is 58.1 Å². The Morgan fingerprint density at radius 1 is 1.06 bits per heavy atom. The highest BCUT2D eigenvalue weighted by Gasteiger charge is 2.32. The fraction of sp³-hybridized carbons (Fsp3) is 0.471. The van der Waals surface area contributed by atoms with Crippen LogP contribution in [-0.2, 0) is 14.8 Å². The van der Waals surface area contributed by atoms with Crippen molar-refractivity contribution in [1.29, 1.82) is 0 Å². The fourth-order valence-corrected chi connectivity index (χ4v) is 8.03. The number of hydrogen-bond donors (Lipinski definition) is 3. The van der Waals surface area contributed by atoms with Gasteiger partial charge in [-0.1, -0.05) is 13.0 Å². The molecule has 2 aliphatic heterocycles. The summed E-state index contributed by atoms with van der Waals surface area (Å²) in [5, 5.41) is 17.5. The fourth-order valence-electron chi connectivity index (χ4n) is 5.65. The number of likely N-dealkylation sites (N-methyl/N-ethyl adjacent to an activating group) is 1. The van der Waals surface area contributed by atoms with Gasteiger partial charge in [0.1, 0.15) is 9.96 Å². The summed E-state index contributed by atoms with van der Waals surface area (Å²) in [6.07, 6.45) is 1.45. The van der Waals surface area contributed by atoms with Gasteiger partial charge in [-0.3, -0.25) is 4.79 Å². The molecule has 3 N–H and O–H groups in total. The number of amides is 3. The number of anilines is 2. The normalized spacial score (nSPS) is 21.0. The van der Waals surface area contributed by atoms with Crippen molar-refractivity contribution in [3.63, 3.8) is 0 Å². The Balaban J connectivity index is 1.39. The molecular weight excluding hydrogens is 673 g/mol. The molecule has 0 radical (unpaired) electrons. The van der Waals surface area contributed by atoms with E-state index in [0.717, 1.165) is 24.2 Å². The number of rotatable bonds is 8. The Morgan fingerprint density at radius 2 is 1.78 bits per heavy atom. The van der Waals surface area contributed by atoms with Crippen LogP contribution in [0.1, 0.15) is 50.4 Å². The van der Waals surface area contributed by atoms with E-state index in [1.54, 1.807) is 65.7 Å². The number of nitrogens with one attached hydrogen (secondary N) is 2. The molecule has 0 spiro atoms. The molecule has 15 heteroatoms. The summed E-state index contributed by atoms with van der Waals surface area (Å²) in [4.78, 5) is 28.9. The van der Waals surface area contributed by atoms with Gasteiger partial charge < -0.3 is 39.6 Å². The molecule has 0 fully saturated rings. The highest BCUT2D eigenvalue weighted by molar-refractivity contribution is 7.91. The van der Waals surface area contributed by atoms with Crippen LogP contribution in [-0.4, -0.2) is 93.1 Å². The largest absolute Gasteiger partial charge is 0.490 e. The number of urea groups is 1. The summed E-state index contributed by atoms with van der Waals surface area (Å²) in [5.41, 5.74) is 1.07. The third kappa shape index (κ3) is 9.02. The van der Waals surface area contributed by atoms with Crippen molar-refractivity contribution in [3.8, 4) is 17.2 Å². The zero-order valence-corrected chi connectivity index (χ0v) is 29.7. The molecule has 49 heavy (non-hydrogen) atoms. The molecule has 2 aromatic carbocycles. The van der Waals surface area contributed by atoms with Gasteiger partial charge in [-0.05, 0) is 74.9 Å². The van der Waals surface area contributed by atoms with E-state index in [9.17, 15) is 23.1 Å². The minimum atomic E-state index is -3.73. The minimum Gasteiger partial charge on any atom is -0.490 e. The van der Waals surface area contributed by atoms with Gasteiger partial charge in [-0.15, -0.1) is 11.3 Å². The molecule has 0 aliphatic carbocycles. The van der Waals surface area contributed by atoms with Crippen LogP contribution < -0.4 is 24.8 Å². The molecule has 4 atom stereocenters. The lowest BCUT2D eigenvalue weighted by Gasteiger charge is -2.35. The second kappa shape index (κ2) is 16.2. The molecule has 3 amide bonds. The van der Waals surface area contributed by atoms with Crippen molar-refractivity contribution in [2.24, 2.45) is 5.92 Å². The van der Waals surface area contributed by atoms with Crippen molar-refractivity contribution in [2.75, 3.05) is 50.8 Å². The lowest BCUT2D eigenvalue weighted by atomic mass is 10.0. The number of aliphatic hydroxyl groups is 1. The van der Waals surface area contributed by atoms with Gasteiger partial charge >= 0.3 is 6.03 Å². The number of sulfonamides is 1. The molecule has 0 saturated heterocycles. The molecule has 1 aromatic heterocycles. The first kappa shape index (κ1) is 36.4. The number of benzene rings is 2. The monoisotopic (exact) mass is 716 g/mol. The highest BCUT2D eigenvalue weighted by atomic mass is 32.2. The van der Waals surface area contributed by atoms with Gasteiger partial charge in [0.15, 0.2) is 11.5 Å². The zero-order chi connectivity index (χ0) is 35.1. The summed E-state index contributed by atoms with van der Waals surface area (Å²) in [7, 11) is -2.20. The minimum absolute atomic E-state index is 0.0829. The van der Waals surface area contributed by atoms with Crippen molar-refractivity contribution in [2.45, 2.75) is 62.5 Å². The number of fused-ring (bicyclic) bond motifs is 2. The quantitative estimate of drug-likeness (QED) is 0.284. The lowest BCUT2D eigenvalue weighted by molar-refractivity contribution is -0.00832. The Kier molecular flexibility index (Phi) is 12.0. The highest BCUT2D eigenvalue weighted by Crippen LogP contribution is 2.34. The number of ether oxygens (including phenoxy) is 4. The zero-order valence-electron chi connectivity index (χ0n) is 28.1. The van der Waals surface area contributed by atoms with Crippen molar-refractivity contribution in [1.82, 2.24) is 9.21 Å². The van der Waals surface area contributed by atoms with Crippen LogP contribution in [0.3, 0.4) is 0 Å². The molecule has 3 heterocycles. The van der Waals surface area contributed by atoms with E-state index in [0.29, 0.717) is 41.7 Å². The molecule has 2 aliphatic rings. The second-order valence-electron chi connectivity index (χ2n) is 12.4. The van der Waals surface area contributed by atoms with Gasteiger partial charge in [0.05, 0.1) is 30.4 Å². The van der Waals surface area contributed by atoms with Crippen LogP contribution in [0.4, 0.5) is 16.2 Å². The number of hydrogen-bond acceptors (Lipinski definition) is 10. The Morgan fingerprint density at radius 3 is 2.49 bits per heavy atom. The molecule has 13 nitrogen and oxygen atoms in total. The summed E-state index contributed by atoms with van der Waals surface area (Å²) in [6, 6.07) is 12.1. The number of nitrogens with zero attached hydrogens (tertiary/aromatic N) is 2. The van der Waals surface area contributed by atoms with Crippen LogP contribution in [0.5, 0.6) is 17.2 Å². The summed E-state index contributed by atoms with van der Waals surface area (Å²) < 4.78 is 51.4. The molecule has 0 bridgehead atoms. The van der Waals surface area contributed by atoms with Crippen LogP contribution in [0.25, 0.3) is 0 Å². The Hall–Kier alpha value is -3.89. The molecule has 3 aromatic rings. The number of thiophene rings is 1. The molecule has 266 valence electrons. The Bertz CT molecular complexity index is 1700. The van der Waals surface area contributed by atoms with Crippen molar-refractivity contribution >= 4 is 44.7 Å². The summed E-state index contributed by atoms with van der Waals surface area (Å²) >= 11 is 1.15. The molecule has 0 saturated carbocycles. The maximum absolute atomic E-state index is 14.4. The van der Waals surface area contributed by atoms with Crippen molar-refractivity contribution in [3.05, 3.63) is 59.5 Å². The summed E-state index contributed by atoms with van der Waals surface area (Å²) in [5.74, 6) is 0.740. The van der Waals surface area contributed by atoms with E-state index < -0.39 is 34.1 Å². The Labute approximate surface area is 291 Å². The van der Waals surface area contributed by atoms with Gasteiger partial charge in [-0.2, -0.15) is 4.31 Å². The predicted molar refractivity (Wildman–Crippen MR) is 186 cm³/mol. The van der Waals surface area contributed by atoms with Crippen LogP contribution >= 0.6 is 11.3 Å². The van der Waals surface area contributed by atoms with Crippen LogP contribution in [0, 0.1) is 5.92 Å². The first-order valence-electron chi connectivity index (χ1n) is 16.3. The number of carbonyl (C=O) groups excluding carboxylic acids is 2. The third-order valence-electron chi connectivity index (χ3n) is 8.54. The van der Waals surface area contributed by atoms with Crippen LogP contribution in [0.2, 0.25) is 0 Å². The van der Waals surface area contributed by atoms with E-state index in [4.69, 9.17) is 18.9 Å². The van der Waals surface area contributed by atoms with E-state index in [2.05, 4.69) is 10.6 Å². The van der Waals surface area contributed by atoms with E-state index in [1.807, 2.05) is 13.8 Å². The van der Waals surface area contributed by atoms with Crippen molar-refractivity contribution < 1.29 is 42.1 Å². The summed E-state index contributed by atoms with van der Waals surface area (Å²) in [6.45, 7) is 6.04. The van der Waals surface area contributed by atoms with Gasteiger partial charge in [0.25, 0.3) is 15.9 Å². The topological polar surface area (TPSA) is 156 Å². The van der Waals surface area contributed by atoms with E-state index in [1.165, 1.54) is 11.4 Å². The first-order chi connectivity index (χ1) is 23.5. The molecule has 5 rings (SSSR count). The van der Waals surface area contributed by atoms with E-state index in [-0.39, 0.29) is 48.3 Å². The van der Waals surface area contributed by atoms with E-state index >= 15 is 0 Å².